The first kappa shape index (κ1) is 18.9. The van der Waals surface area contributed by atoms with Gasteiger partial charge in [0.05, 0.1) is 10.9 Å². The minimum Gasteiger partial charge on any atom is -0.345 e. The lowest BCUT2D eigenvalue weighted by molar-refractivity contribution is 0.0939. The molecule has 0 aliphatic heterocycles. The highest BCUT2D eigenvalue weighted by molar-refractivity contribution is 7.12. The Balaban J connectivity index is 1.50. The Morgan fingerprint density at radius 2 is 1.66 bits per heavy atom. The van der Waals surface area contributed by atoms with E-state index in [4.69, 9.17) is 0 Å². The predicted molar refractivity (Wildman–Crippen MR) is 119 cm³/mol. The first-order valence-corrected chi connectivity index (χ1v) is 10.2. The highest BCUT2D eigenvalue weighted by atomic mass is 32.1. The molecule has 4 rings (SSSR count). The van der Waals surface area contributed by atoms with Crippen molar-refractivity contribution in [1.29, 1.82) is 0 Å². The summed E-state index contributed by atoms with van der Waals surface area (Å²) < 4.78 is 0. The third kappa shape index (κ3) is 4.20. The number of fused-ring (bicyclic) bond motifs is 1. The van der Waals surface area contributed by atoms with Crippen LogP contribution >= 0.6 is 11.3 Å². The molecule has 2 amide bonds. The number of carbonyl (C=O) groups is 2. The van der Waals surface area contributed by atoms with Gasteiger partial charge in [-0.1, -0.05) is 54.6 Å². The zero-order chi connectivity index (χ0) is 20.2. The summed E-state index contributed by atoms with van der Waals surface area (Å²) in [5, 5.41) is 10.0. The number of amides is 2. The van der Waals surface area contributed by atoms with Gasteiger partial charge in [0.1, 0.15) is 0 Å². The number of thiophene rings is 1. The van der Waals surface area contributed by atoms with Crippen LogP contribution in [0.15, 0.2) is 84.2 Å². The van der Waals surface area contributed by atoms with Crippen LogP contribution in [0.25, 0.3) is 10.8 Å². The van der Waals surface area contributed by atoms with E-state index in [0.29, 0.717) is 16.1 Å². The molecule has 1 heterocycles. The highest BCUT2D eigenvalue weighted by Gasteiger charge is 2.15. The Kier molecular flexibility index (Phi) is 5.40. The van der Waals surface area contributed by atoms with Crippen molar-refractivity contribution >= 4 is 39.6 Å². The van der Waals surface area contributed by atoms with Crippen LogP contribution in [0.2, 0.25) is 0 Å². The number of carbonyl (C=O) groups excluding carboxylic acids is 2. The average Bonchev–Trinajstić information content (AvgIpc) is 3.28. The van der Waals surface area contributed by atoms with Crippen molar-refractivity contribution in [3.05, 3.63) is 100 Å². The van der Waals surface area contributed by atoms with Crippen molar-refractivity contribution < 1.29 is 9.59 Å². The van der Waals surface area contributed by atoms with Crippen molar-refractivity contribution in [2.75, 3.05) is 5.32 Å². The maximum Gasteiger partial charge on any atom is 0.265 e. The van der Waals surface area contributed by atoms with Crippen molar-refractivity contribution in [3.63, 3.8) is 0 Å². The summed E-state index contributed by atoms with van der Waals surface area (Å²) >= 11 is 1.38. The standard InChI is InChI=1S/C24H20N2O2S/c1-16(20-12-5-8-17-7-2-3-11-21(17)20)25-23(27)18-9-4-10-19(15-18)26-24(28)22-13-6-14-29-22/h2-16H,1H3,(H,25,27)(H,26,28). The molecule has 0 saturated carbocycles. The quantitative estimate of drug-likeness (QED) is 0.455. The Morgan fingerprint density at radius 1 is 0.862 bits per heavy atom. The number of rotatable bonds is 5. The van der Waals surface area contributed by atoms with Gasteiger partial charge in [0.2, 0.25) is 0 Å². The third-order valence-electron chi connectivity index (χ3n) is 4.77. The molecule has 0 aliphatic rings. The Bertz CT molecular complexity index is 1160. The lowest BCUT2D eigenvalue weighted by Gasteiger charge is -2.17. The summed E-state index contributed by atoms with van der Waals surface area (Å²) in [4.78, 5) is 25.7. The molecule has 29 heavy (non-hydrogen) atoms. The van der Waals surface area contributed by atoms with Gasteiger partial charge < -0.3 is 10.6 Å². The second kappa shape index (κ2) is 8.29. The van der Waals surface area contributed by atoms with Gasteiger partial charge in [0.15, 0.2) is 0 Å². The van der Waals surface area contributed by atoms with Gasteiger partial charge in [-0.15, -0.1) is 11.3 Å². The molecule has 0 aliphatic carbocycles. The topological polar surface area (TPSA) is 58.2 Å². The summed E-state index contributed by atoms with van der Waals surface area (Å²) in [6, 6.07) is 24.6. The summed E-state index contributed by atoms with van der Waals surface area (Å²) in [7, 11) is 0. The molecule has 1 atom stereocenters. The fourth-order valence-corrected chi connectivity index (χ4v) is 3.94. The van der Waals surface area contributed by atoms with Crippen molar-refractivity contribution in [3.8, 4) is 0 Å². The minimum atomic E-state index is -0.183. The number of hydrogen-bond acceptors (Lipinski definition) is 3. The van der Waals surface area contributed by atoms with E-state index in [1.54, 1.807) is 30.3 Å². The fourth-order valence-electron chi connectivity index (χ4n) is 3.32. The molecule has 0 bridgehead atoms. The van der Waals surface area contributed by atoms with E-state index in [1.165, 1.54) is 11.3 Å². The van der Waals surface area contributed by atoms with Gasteiger partial charge in [-0.3, -0.25) is 9.59 Å². The monoisotopic (exact) mass is 400 g/mol. The molecule has 0 fully saturated rings. The Hall–Kier alpha value is -3.44. The number of hydrogen-bond donors (Lipinski definition) is 2. The SMILES string of the molecule is CC(NC(=O)c1cccc(NC(=O)c2cccs2)c1)c1cccc2ccccc12. The molecule has 4 nitrogen and oxygen atoms in total. The van der Waals surface area contributed by atoms with E-state index in [-0.39, 0.29) is 17.9 Å². The van der Waals surface area contributed by atoms with Crippen molar-refractivity contribution in [1.82, 2.24) is 5.32 Å². The van der Waals surface area contributed by atoms with Crippen LogP contribution in [0.1, 0.15) is 38.6 Å². The smallest absolute Gasteiger partial charge is 0.265 e. The van der Waals surface area contributed by atoms with Crippen LogP contribution in [-0.4, -0.2) is 11.8 Å². The summed E-state index contributed by atoms with van der Waals surface area (Å²) in [5.41, 5.74) is 2.16. The molecule has 0 radical (unpaired) electrons. The van der Waals surface area contributed by atoms with Gasteiger partial charge >= 0.3 is 0 Å². The van der Waals surface area contributed by atoms with E-state index >= 15 is 0 Å². The molecule has 1 aromatic heterocycles. The van der Waals surface area contributed by atoms with Crippen molar-refractivity contribution in [2.45, 2.75) is 13.0 Å². The van der Waals surface area contributed by atoms with E-state index in [2.05, 4.69) is 28.8 Å². The highest BCUT2D eigenvalue weighted by Crippen LogP contribution is 2.24. The lowest BCUT2D eigenvalue weighted by atomic mass is 9.99. The van der Waals surface area contributed by atoms with Gasteiger partial charge in [0, 0.05) is 11.3 Å². The Morgan fingerprint density at radius 3 is 2.48 bits per heavy atom. The van der Waals surface area contributed by atoms with E-state index in [9.17, 15) is 9.59 Å². The lowest BCUT2D eigenvalue weighted by Crippen LogP contribution is -2.26. The maximum absolute atomic E-state index is 12.8. The molecule has 3 aromatic carbocycles. The van der Waals surface area contributed by atoms with Gasteiger partial charge in [0.25, 0.3) is 11.8 Å². The molecule has 1 unspecified atom stereocenters. The first-order chi connectivity index (χ1) is 14.1. The van der Waals surface area contributed by atoms with Crippen LogP contribution in [0, 0.1) is 0 Å². The molecule has 0 spiro atoms. The molecule has 0 saturated heterocycles. The average molecular weight is 401 g/mol. The molecule has 4 aromatic rings. The maximum atomic E-state index is 12.8. The van der Waals surface area contributed by atoms with Crippen LogP contribution in [0.3, 0.4) is 0 Å². The predicted octanol–water partition coefficient (Wildman–Crippen LogP) is 5.64. The number of nitrogens with one attached hydrogen (secondary N) is 2. The summed E-state index contributed by atoms with van der Waals surface area (Å²) in [5.74, 6) is -0.362. The zero-order valence-electron chi connectivity index (χ0n) is 15.9. The normalized spacial score (nSPS) is 11.8. The van der Waals surface area contributed by atoms with E-state index in [0.717, 1.165) is 16.3 Å². The van der Waals surface area contributed by atoms with Crippen LogP contribution in [-0.2, 0) is 0 Å². The van der Waals surface area contributed by atoms with Crippen LogP contribution < -0.4 is 10.6 Å². The van der Waals surface area contributed by atoms with Gasteiger partial charge in [-0.2, -0.15) is 0 Å². The van der Waals surface area contributed by atoms with Crippen LogP contribution in [0.5, 0.6) is 0 Å². The summed E-state index contributed by atoms with van der Waals surface area (Å²) in [6.45, 7) is 1.97. The van der Waals surface area contributed by atoms with Crippen LogP contribution in [0.4, 0.5) is 5.69 Å². The molecule has 5 heteroatoms. The van der Waals surface area contributed by atoms with E-state index < -0.39 is 0 Å². The minimum absolute atomic E-state index is 0.155. The van der Waals surface area contributed by atoms with Gasteiger partial charge in [-0.25, -0.2) is 0 Å². The molecular weight excluding hydrogens is 380 g/mol. The molecule has 144 valence electrons. The second-order valence-corrected chi connectivity index (χ2v) is 7.72. The molecule has 2 N–H and O–H groups in total. The fraction of sp³-hybridized carbons (Fsp3) is 0.0833. The Labute approximate surface area is 173 Å². The zero-order valence-corrected chi connectivity index (χ0v) is 16.7. The van der Waals surface area contributed by atoms with Gasteiger partial charge in [-0.05, 0) is 52.9 Å². The largest absolute Gasteiger partial charge is 0.345 e. The summed E-state index contributed by atoms with van der Waals surface area (Å²) in [6.07, 6.45) is 0. The second-order valence-electron chi connectivity index (χ2n) is 6.78. The van der Waals surface area contributed by atoms with E-state index in [1.807, 2.05) is 42.6 Å². The first-order valence-electron chi connectivity index (χ1n) is 9.35. The third-order valence-corrected chi connectivity index (χ3v) is 5.63. The van der Waals surface area contributed by atoms with Crippen molar-refractivity contribution in [2.24, 2.45) is 0 Å². The number of anilines is 1. The molecular formula is C24H20N2O2S. The number of benzene rings is 3.